The number of likely N-dealkylation sites (N-methyl/N-ethyl adjacent to an activating group) is 1. The summed E-state index contributed by atoms with van der Waals surface area (Å²) in [5.41, 5.74) is 2.99. The molecule has 0 radical (unpaired) electrons. The van der Waals surface area contributed by atoms with Crippen LogP contribution < -0.4 is 9.80 Å². The second-order valence-electron chi connectivity index (χ2n) is 5.31. The fourth-order valence-electron chi connectivity index (χ4n) is 1.80. The molecule has 0 amide bonds. The Labute approximate surface area is 110 Å². The molecule has 0 bridgehead atoms. The van der Waals surface area contributed by atoms with Crippen LogP contribution in [0.5, 0.6) is 5.75 Å². The summed E-state index contributed by atoms with van der Waals surface area (Å²) in [5, 5.41) is 10.3. The highest BCUT2D eigenvalue weighted by Gasteiger charge is 2.12. The Hall–Kier alpha value is -1.42. The molecule has 0 spiro atoms. The van der Waals surface area contributed by atoms with Crippen molar-refractivity contribution in [2.75, 3.05) is 58.6 Å². The number of aromatic hydroxyl groups is 1. The smallest absolute Gasteiger partial charge is 0.142 e. The molecule has 0 saturated heterocycles. The van der Waals surface area contributed by atoms with Crippen molar-refractivity contribution in [1.82, 2.24) is 4.90 Å². The van der Waals surface area contributed by atoms with E-state index in [1.807, 2.05) is 53.3 Å². The van der Waals surface area contributed by atoms with Gasteiger partial charge in [-0.2, -0.15) is 0 Å². The minimum Gasteiger partial charge on any atom is -0.505 e. The molecular formula is C14H25N3O. The number of anilines is 2. The van der Waals surface area contributed by atoms with E-state index in [1.54, 1.807) is 0 Å². The minimum atomic E-state index is 0.396. The maximum absolute atomic E-state index is 10.3. The van der Waals surface area contributed by atoms with Gasteiger partial charge in [0, 0.05) is 40.4 Å². The van der Waals surface area contributed by atoms with Crippen LogP contribution in [-0.2, 0) is 6.42 Å². The summed E-state index contributed by atoms with van der Waals surface area (Å²) in [7, 11) is 12.0. The van der Waals surface area contributed by atoms with Gasteiger partial charge in [0.25, 0.3) is 0 Å². The second kappa shape index (κ2) is 5.96. The number of phenolic OH excluding ortho intramolecular Hbond substituents is 1. The molecule has 0 atom stereocenters. The Kier molecular flexibility index (Phi) is 4.84. The molecule has 0 unspecified atom stereocenters. The van der Waals surface area contributed by atoms with Gasteiger partial charge in [-0.3, -0.25) is 0 Å². The Morgan fingerprint density at radius 2 is 1.56 bits per heavy atom. The molecule has 18 heavy (non-hydrogen) atoms. The molecule has 1 aromatic rings. The summed E-state index contributed by atoms with van der Waals surface area (Å²) in [4.78, 5) is 6.13. The Morgan fingerprint density at radius 1 is 0.944 bits per heavy atom. The van der Waals surface area contributed by atoms with Gasteiger partial charge in [0.1, 0.15) is 5.75 Å². The molecule has 4 heteroatoms. The van der Waals surface area contributed by atoms with Gasteiger partial charge in [0.2, 0.25) is 0 Å². The third kappa shape index (κ3) is 3.53. The highest BCUT2D eigenvalue weighted by Crippen LogP contribution is 2.34. The Bertz CT molecular complexity index is 400. The van der Waals surface area contributed by atoms with Crippen molar-refractivity contribution < 1.29 is 5.11 Å². The van der Waals surface area contributed by atoms with Gasteiger partial charge in [-0.25, -0.2) is 0 Å². The molecule has 0 aromatic heterocycles. The SMILES string of the molecule is CN(C)CCc1cc(N(C)C)cc(N(C)C)c1O. The van der Waals surface area contributed by atoms with Crippen LogP contribution in [0, 0.1) is 0 Å². The molecule has 0 saturated carbocycles. The minimum absolute atomic E-state index is 0.396. The third-order valence-corrected chi connectivity index (χ3v) is 2.98. The Morgan fingerprint density at radius 3 is 2.00 bits per heavy atom. The van der Waals surface area contributed by atoms with E-state index in [1.165, 1.54) is 0 Å². The summed E-state index contributed by atoms with van der Waals surface area (Å²) >= 11 is 0. The van der Waals surface area contributed by atoms with Gasteiger partial charge in [0.05, 0.1) is 5.69 Å². The molecule has 102 valence electrons. The van der Waals surface area contributed by atoms with Crippen LogP contribution in [0.25, 0.3) is 0 Å². The van der Waals surface area contributed by atoms with Crippen LogP contribution in [0.3, 0.4) is 0 Å². The second-order valence-corrected chi connectivity index (χ2v) is 5.31. The molecular weight excluding hydrogens is 226 g/mol. The van der Waals surface area contributed by atoms with E-state index in [2.05, 4.69) is 15.9 Å². The Balaban J connectivity index is 3.14. The molecule has 4 nitrogen and oxygen atoms in total. The average Bonchev–Trinajstić information content (AvgIpc) is 2.26. The lowest BCUT2D eigenvalue weighted by Gasteiger charge is -2.22. The predicted molar refractivity (Wildman–Crippen MR) is 79.0 cm³/mol. The van der Waals surface area contributed by atoms with E-state index in [4.69, 9.17) is 0 Å². The van der Waals surface area contributed by atoms with Crippen molar-refractivity contribution in [3.63, 3.8) is 0 Å². The quantitative estimate of drug-likeness (QED) is 0.861. The van der Waals surface area contributed by atoms with Crippen LogP contribution in [0.2, 0.25) is 0 Å². The van der Waals surface area contributed by atoms with Crippen LogP contribution in [-0.4, -0.2) is 58.8 Å². The van der Waals surface area contributed by atoms with Crippen molar-refractivity contribution in [2.24, 2.45) is 0 Å². The van der Waals surface area contributed by atoms with Gasteiger partial charge < -0.3 is 19.8 Å². The van der Waals surface area contributed by atoms with Gasteiger partial charge in [0.15, 0.2) is 0 Å². The maximum Gasteiger partial charge on any atom is 0.142 e. The van der Waals surface area contributed by atoms with Crippen molar-refractivity contribution in [1.29, 1.82) is 0 Å². The topological polar surface area (TPSA) is 30.0 Å². The molecule has 0 heterocycles. The van der Waals surface area contributed by atoms with E-state index >= 15 is 0 Å². The first-order valence-corrected chi connectivity index (χ1v) is 6.18. The van der Waals surface area contributed by atoms with E-state index in [0.29, 0.717) is 5.75 Å². The molecule has 0 aliphatic heterocycles. The van der Waals surface area contributed by atoms with Crippen LogP contribution >= 0.6 is 0 Å². The fourth-order valence-corrected chi connectivity index (χ4v) is 1.80. The normalized spacial score (nSPS) is 10.8. The number of benzene rings is 1. The van der Waals surface area contributed by atoms with Crippen LogP contribution in [0.1, 0.15) is 5.56 Å². The lowest BCUT2D eigenvalue weighted by molar-refractivity contribution is 0.406. The van der Waals surface area contributed by atoms with E-state index < -0.39 is 0 Å². The lowest BCUT2D eigenvalue weighted by atomic mass is 10.1. The first-order valence-electron chi connectivity index (χ1n) is 6.18. The standard InChI is InChI=1S/C14H25N3O/c1-15(2)8-7-11-9-12(16(3)4)10-13(14(11)18)17(5)6/h9-10,18H,7-8H2,1-6H3. The summed E-state index contributed by atoms with van der Waals surface area (Å²) in [5.74, 6) is 0.396. The average molecular weight is 251 g/mol. The monoisotopic (exact) mass is 251 g/mol. The number of hydrogen-bond donors (Lipinski definition) is 1. The van der Waals surface area contributed by atoms with E-state index in [0.717, 1.165) is 29.9 Å². The zero-order valence-corrected chi connectivity index (χ0v) is 12.4. The molecule has 0 aliphatic carbocycles. The molecule has 1 aromatic carbocycles. The summed E-state index contributed by atoms with van der Waals surface area (Å²) < 4.78 is 0. The van der Waals surface area contributed by atoms with Crippen molar-refractivity contribution >= 4 is 11.4 Å². The van der Waals surface area contributed by atoms with E-state index in [-0.39, 0.29) is 0 Å². The first-order chi connectivity index (χ1) is 8.32. The van der Waals surface area contributed by atoms with Gasteiger partial charge >= 0.3 is 0 Å². The van der Waals surface area contributed by atoms with Crippen molar-refractivity contribution in [3.05, 3.63) is 17.7 Å². The zero-order valence-electron chi connectivity index (χ0n) is 12.4. The van der Waals surface area contributed by atoms with Crippen molar-refractivity contribution in [3.8, 4) is 5.75 Å². The molecule has 0 aliphatic rings. The molecule has 0 fully saturated rings. The molecule has 1 N–H and O–H groups in total. The summed E-state index contributed by atoms with van der Waals surface area (Å²) in [6.07, 6.45) is 0.849. The third-order valence-electron chi connectivity index (χ3n) is 2.98. The lowest BCUT2D eigenvalue weighted by Crippen LogP contribution is -2.17. The highest BCUT2D eigenvalue weighted by molar-refractivity contribution is 5.69. The number of hydrogen-bond acceptors (Lipinski definition) is 4. The fraction of sp³-hybridized carbons (Fsp3) is 0.571. The highest BCUT2D eigenvalue weighted by atomic mass is 16.3. The predicted octanol–water partition coefficient (Wildman–Crippen LogP) is 1.63. The molecule has 1 rings (SSSR count). The van der Waals surface area contributed by atoms with Gasteiger partial charge in [-0.1, -0.05) is 0 Å². The summed E-state index contributed by atoms with van der Waals surface area (Å²) in [6, 6.07) is 4.07. The van der Waals surface area contributed by atoms with Crippen LogP contribution in [0.15, 0.2) is 12.1 Å². The summed E-state index contributed by atoms with van der Waals surface area (Å²) in [6.45, 7) is 0.928. The first kappa shape index (κ1) is 14.6. The van der Waals surface area contributed by atoms with Gasteiger partial charge in [-0.05, 0) is 38.2 Å². The number of rotatable bonds is 5. The largest absolute Gasteiger partial charge is 0.505 e. The number of phenols is 1. The zero-order chi connectivity index (χ0) is 13.9. The van der Waals surface area contributed by atoms with E-state index in [9.17, 15) is 5.11 Å². The maximum atomic E-state index is 10.3. The van der Waals surface area contributed by atoms with Crippen molar-refractivity contribution in [2.45, 2.75) is 6.42 Å². The number of nitrogens with zero attached hydrogens (tertiary/aromatic N) is 3. The van der Waals surface area contributed by atoms with Gasteiger partial charge in [-0.15, -0.1) is 0 Å². The van der Waals surface area contributed by atoms with Crippen LogP contribution in [0.4, 0.5) is 11.4 Å².